The topological polar surface area (TPSA) is 229 Å². The number of pyridine rings is 1. The molecule has 13 atom stereocenters. The lowest BCUT2D eigenvalue weighted by Crippen LogP contribution is -2.59. The van der Waals surface area contributed by atoms with Gasteiger partial charge in [-0.3, -0.25) is 43.6 Å². The van der Waals surface area contributed by atoms with E-state index in [1.165, 1.54) is 27.2 Å². The second kappa shape index (κ2) is 25.1. The molecule has 6 fully saturated rings. The molecule has 0 radical (unpaired) electrons. The number of likely N-dealkylation sites (tertiary alicyclic amines) is 2. The van der Waals surface area contributed by atoms with Gasteiger partial charge in [-0.05, 0) is 231 Å². The molecule has 4 saturated carbocycles. The molecule has 1 N–H and O–H groups in total. The summed E-state index contributed by atoms with van der Waals surface area (Å²) >= 11 is 0. The van der Waals surface area contributed by atoms with Gasteiger partial charge in [0.25, 0.3) is 0 Å². The van der Waals surface area contributed by atoms with E-state index in [1.807, 2.05) is 49.4 Å². The number of Topliss-reactive ketones (excluding diaryl/α,β-unsaturated/α-hetero) is 2. The summed E-state index contributed by atoms with van der Waals surface area (Å²) in [6, 6.07) is 20.6. The molecule has 3 aromatic carbocycles. The van der Waals surface area contributed by atoms with E-state index in [9.17, 15) is 50.7 Å². The first-order valence-corrected chi connectivity index (χ1v) is 36.4. The predicted octanol–water partition coefficient (Wildman–Crippen LogP) is 11.5. The quantitative estimate of drug-likeness (QED) is 0.0602. The summed E-state index contributed by atoms with van der Waals surface area (Å²) in [5.41, 5.74) is 6.85. The number of rotatable bonds is 12. The molecule has 0 spiro atoms. The zero-order chi connectivity index (χ0) is 63.5. The number of unbranched alkanes of at least 4 members (excludes halogenated alkanes) is 2. The average molecular weight is 1260 g/mol. The van der Waals surface area contributed by atoms with Crippen molar-refractivity contribution in [1.82, 2.24) is 14.8 Å². The number of aromatic nitrogens is 1. The maximum atomic E-state index is 13.7. The fourth-order valence-electron chi connectivity index (χ4n) is 18.6. The highest BCUT2D eigenvalue weighted by Crippen LogP contribution is 2.62. The van der Waals surface area contributed by atoms with Crippen molar-refractivity contribution in [2.24, 2.45) is 57.7 Å². The van der Waals surface area contributed by atoms with Crippen LogP contribution in [0.5, 0.6) is 17.2 Å². The lowest BCUT2D eigenvalue weighted by molar-refractivity contribution is -0.169. The highest BCUT2D eigenvalue weighted by atomic mass is 32.2. The third-order valence-electron chi connectivity index (χ3n) is 22.9. The highest BCUT2D eigenvalue weighted by molar-refractivity contribution is 7.86. The fourth-order valence-corrected chi connectivity index (χ4v) is 19.5. The van der Waals surface area contributed by atoms with Gasteiger partial charge in [0.2, 0.25) is 23.6 Å². The molecule has 1 aromatic heterocycles. The van der Waals surface area contributed by atoms with E-state index < -0.39 is 42.4 Å². The van der Waals surface area contributed by atoms with Gasteiger partial charge in [-0.15, -0.1) is 0 Å². The van der Waals surface area contributed by atoms with E-state index in [0.29, 0.717) is 79.7 Å². The SMILES string of the molecule is CCCCCN1C(=O)CC2C3CCc4cc(O)ccc4C3CC[C@]2(C)C1=O.CCCN1C(=O)CC2C3CCc4cc(OS(C)(=O)=O)ccc4C3CC[C@]2(C)C1=O.C[C@]12CCC3c4ccc(OS(C)(=O)=O)cc4CCC3C1CC(=O)C(Cc1cccnc1)C2=O. The van der Waals surface area contributed by atoms with E-state index in [-0.39, 0.29) is 64.8 Å². The Balaban J connectivity index is 0.000000138. The largest absolute Gasteiger partial charge is 0.508 e. The van der Waals surface area contributed by atoms with E-state index in [1.54, 1.807) is 35.5 Å². The standard InChI is InChI=1S/C26H29NO5S.C23H31NO3.C22H29NO5S/c1-26-10-9-20-19-8-6-18(32-33(2,30)31)13-17(19)5-7-21(20)23(26)14-24(28)22(25(26)29)12-16-4-3-11-27-15-16;1-3-4-5-12-24-21(26)14-20-19-8-6-15-13-16(25)7-9-17(15)18(19)10-11-23(20,2)22(24)27;1-4-11-23-20(24)13-19-18-7-5-14-12-15(28-29(3,26)27)6-8-16(14)17(18)9-10-22(19,2)21(23)25/h3-4,6,8,11,13,15,20-23H,5,7,9-10,12,14H2,1-2H3;7,9,13,18-20,25H,3-6,8,10-12,14H2,1-2H3;6,8,12,17-19H,4-5,7,9-11,13H2,1-3H3/t20?,21?,22?,23?,26-;18?,19?,20?,23-;17?,18?,19?,22-/m000/s1. The van der Waals surface area contributed by atoms with Crippen molar-refractivity contribution in [2.45, 2.75) is 181 Å². The van der Waals surface area contributed by atoms with Crippen LogP contribution >= 0.6 is 0 Å². The van der Waals surface area contributed by atoms with Crippen molar-refractivity contribution < 1.29 is 59.1 Å². The summed E-state index contributed by atoms with van der Waals surface area (Å²) in [7, 11) is -7.12. The van der Waals surface area contributed by atoms with Gasteiger partial charge in [0.1, 0.15) is 28.8 Å². The number of carbonyl (C=O) groups is 6. The molecule has 478 valence electrons. The van der Waals surface area contributed by atoms with Gasteiger partial charge in [0.15, 0.2) is 0 Å². The van der Waals surface area contributed by atoms with Crippen molar-refractivity contribution >= 4 is 55.4 Å². The van der Waals surface area contributed by atoms with Crippen LogP contribution in [0.4, 0.5) is 0 Å². The number of carbonyl (C=O) groups excluding carboxylic acids is 6. The van der Waals surface area contributed by atoms with Gasteiger partial charge in [0.05, 0.1) is 29.3 Å². The van der Waals surface area contributed by atoms with Crippen LogP contribution in [0.15, 0.2) is 79.1 Å². The van der Waals surface area contributed by atoms with Crippen LogP contribution in [-0.2, 0) is 74.7 Å². The molecule has 2 saturated heterocycles. The first-order chi connectivity index (χ1) is 42.2. The lowest BCUT2D eigenvalue weighted by atomic mass is 9.48. The Morgan fingerprint density at radius 2 is 1.02 bits per heavy atom. The van der Waals surface area contributed by atoms with E-state index in [0.717, 1.165) is 132 Å². The van der Waals surface area contributed by atoms with Crippen LogP contribution in [0.3, 0.4) is 0 Å². The Kier molecular flexibility index (Phi) is 18.1. The number of piperidine rings is 2. The molecule has 2 aliphatic heterocycles. The molecule has 18 heteroatoms. The average Bonchev–Trinajstić information content (AvgIpc) is 0.746. The van der Waals surface area contributed by atoms with Crippen molar-refractivity contribution in [2.75, 3.05) is 25.6 Å². The maximum absolute atomic E-state index is 13.7. The molecule has 16 nitrogen and oxygen atoms in total. The smallest absolute Gasteiger partial charge is 0.306 e. The first kappa shape index (κ1) is 64.3. The summed E-state index contributed by atoms with van der Waals surface area (Å²) in [6.07, 6.45) is 21.8. The second-order valence-electron chi connectivity index (χ2n) is 28.3. The number of hydrogen-bond donors (Lipinski definition) is 1. The Labute approximate surface area is 525 Å². The normalized spacial score (nSPS) is 31.9. The zero-order valence-electron chi connectivity index (χ0n) is 52.8. The van der Waals surface area contributed by atoms with Crippen molar-refractivity contribution in [3.63, 3.8) is 0 Å². The number of amides is 4. The number of fused-ring (bicyclic) bond motifs is 15. The van der Waals surface area contributed by atoms with Gasteiger partial charge >= 0.3 is 20.2 Å². The Morgan fingerprint density at radius 1 is 0.562 bits per heavy atom. The Morgan fingerprint density at radius 3 is 1.48 bits per heavy atom. The first-order valence-electron chi connectivity index (χ1n) is 32.8. The molecule has 0 bridgehead atoms. The summed E-state index contributed by atoms with van der Waals surface area (Å²) in [6.45, 7) is 11.5. The number of benzene rings is 3. The van der Waals surface area contributed by atoms with Gasteiger partial charge < -0.3 is 13.5 Å². The number of phenols is 1. The van der Waals surface area contributed by atoms with Crippen molar-refractivity contribution in [3.8, 4) is 17.2 Å². The number of nitrogens with zero attached hydrogens (tertiary/aromatic N) is 3. The predicted molar refractivity (Wildman–Crippen MR) is 337 cm³/mol. The Bertz CT molecular complexity index is 3670. The number of aromatic hydroxyl groups is 1. The monoisotopic (exact) mass is 1260 g/mol. The van der Waals surface area contributed by atoms with Gasteiger partial charge in [-0.25, -0.2) is 0 Å². The van der Waals surface area contributed by atoms with Gasteiger partial charge in [-0.2, -0.15) is 16.8 Å². The van der Waals surface area contributed by atoms with Crippen LogP contribution in [0.2, 0.25) is 0 Å². The second-order valence-corrected chi connectivity index (χ2v) is 31.4. The van der Waals surface area contributed by atoms with Crippen LogP contribution in [-0.4, -0.2) is 97.5 Å². The summed E-state index contributed by atoms with van der Waals surface area (Å²) in [5, 5.41) is 9.81. The van der Waals surface area contributed by atoms with E-state index in [2.05, 4.69) is 38.7 Å². The zero-order valence-corrected chi connectivity index (χ0v) is 54.5. The third-order valence-corrected chi connectivity index (χ3v) is 23.9. The molecule has 9 aliphatic rings. The molecule has 89 heavy (non-hydrogen) atoms. The molecular formula is C71H89N3O13S2. The fraction of sp³-hybridized carbons (Fsp3) is 0.592. The number of hydrogen-bond acceptors (Lipinski definition) is 14. The van der Waals surface area contributed by atoms with Crippen molar-refractivity contribution in [1.29, 1.82) is 0 Å². The van der Waals surface area contributed by atoms with Crippen LogP contribution in [0.25, 0.3) is 0 Å². The van der Waals surface area contributed by atoms with Gasteiger partial charge in [-0.1, -0.05) is 71.7 Å². The number of aryl methyl sites for hydroxylation is 3. The summed E-state index contributed by atoms with van der Waals surface area (Å²) in [4.78, 5) is 86.2. The lowest BCUT2D eigenvalue weighted by Gasteiger charge is -2.54. The molecule has 10 unspecified atom stereocenters. The maximum Gasteiger partial charge on any atom is 0.306 e. The molecular weight excluding hydrogens is 1170 g/mol. The highest BCUT2D eigenvalue weighted by Gasteiger charge is 2.60. The summed E-state index contributed by atoms with van der Waals surface area (Å²) < 4.78 is 56.0. The minimum atomic E-state index is -3.57. The van der Waals surface area contributed by atoms with Crippen molar-refractivity contribution in [3.05, 3.63) is 118 Å². The number of phenolic OH excluding ortho intramolecular Hbond substituents is 1. The molecule has 13 rings (SSSR count). The molecule has 3 heterocycles. The minimum Gasteiger partial charge on any atom is -0.508 e. The van der Waals surface area contributed by atoms with E-state index >= 15 is 0 Å². The number of imide groups is 2. The summed E-state index contributed by atoms with van der Waals surface area (Å²) in [5.74, 6) is 3.01. The molecule has 4 amide bonds. The Hall–Kier alpha value is -6.27. The third kappa shape index (κ3) is 12.5. The minimum absolute atomic E-state index is 0.0155. The molecule has 7 aliphatic carbocycles. The van der Waals surface area contributed by atoms with Gasteiger partial charge in [0, 0.05) is 50.2 Å². The number of ketones is 2. The van der Waals surface area contributed by atoms with E-state index in [4.69, 9.17) is 8.37 Å². The van der Waals surface area contributed by atoms with Crippen LogP contribution < -0.4 is 8.37 Å². The van der Waals surface area contributed by atoms with Crippen LogP contribution in [0, 0.1) is 57.7 Å². The van der Waals surface area contributed by atoms with Crippen LogP contribution in [0.1, 0.15) is 194 Å². The molecule has 4 aromatic rings.